The van der Waals surface area contributed by atoms with Crippen molar-refractivity contribution in [3.05, 3.63) is 47.0 Å². The molecule has 2 fully saturated rings. The third-order valence-electron chi connectivity index (χ3n) is 6.82. The largest absolute Gasteiger partial charge is 0.393 e. The van der Waals surface area contributed by atoms with Crippen LogP contribution in [0.25, 0.3) is 15.9 Å². The van der Waals surface area contributed by atoms with Gasteiger partial charge in [-0.3, -0.25) is 4.79 Å². The van der Waals surface area contributed by atoms with Crippen LogP contribution in [0.5, 0.6) is 0 Å². The predicted molar refractivity (Wildman–Crippen MR) is 124 cm³/mol. The Kier molecular flexibility index (Phi) is 5.82. The van der Waals surface area contributed by atoms with Crippen LogP contribution in [0.15, 0.2) is 36.4 Å². The number of piperidine rings is 1. The molecule has 6 nitrogen and oxygen atoms in total. The lowest BCUT2D eigenvalue weighted by atomic mass is 9.89. The van der Waals surface area contributed by atoms with Crippen molar-refractivity contribution in [1.29, 1.82) is 0 Å². The first-order valence-corrected chi connectivity index (χ1v) is 12.2. The lowest BCUT2D eigenvalue weighted by molar-refractivity contribution is 0.0470. The highest BCUT2D eigenvalue weighted by atomic mass is 32.1. The van der Waals surface area contributed by atoms with E-state index in [1.807, 2.05) is 48.0 Å². The number of nitrogens with one attached hydrogen (secondary N) is 1. The lowest BCUT2D eigenvalue weighted by Gasteiger charge is -2.40. The molecule has 1 aliphatic heterocycles. The van der Waals surface area contributed by atoms with Crippen molar-refractivity contribution in [2.24, 2.45) is 0 Å². The summed E-state index contributed by atoms with van der Waals surface area (Å²) in [5, 5.41) is 18.7. The van der Waals surface area contributed by atoms with E-state index in [4.69, 9.17) is 0 Å². The summed E-state index contributed by atoms with van der Waals surface area (Å²) in [6, 6.07) is 12.9. The van der Waals surface area contributed by atoms with Gasteiger partial charge in [-0.05, 0) is 63.6 Å². The van der Waals surface area contributed by atoms with Crippen LogP contribution >= 0.6 is 11.3 Å². The number of fused-ring (bicyclic) bond motifs is 1. The van der Waals surface area contributed by atoms with E-state index in [-0.39, 0.29) is 18.1 Å². The molecule has 2 N–H and O–H groups in total. The van der Waals surface area contributed by atoms with Crippen molar-refractivity contribution >= 4 is 27.5 Å². The number of aryl methyl sites for hydroxylation is 1. The third kappa shape index (κ3) is 4.27. The number of aliphatic hydroxyl groups is 1. The van der Waals surface area contributed by atoms with E-state index < -0.39 is 0 Å². The van der Waals surface area contributed by atoms with Crippen molar-refractivity contribution in [3.63, 3.8) is 0 Å². The second-order valence-corrected chi connectivity index (χ2v) is 9.94. The highest BCUT2D eigenvalue weighted by Crippen LogP contribution is 2.31. The number of benzene rings is 1. The first-order valence-electron chi connectivity index (χ1n) is 11.4. The van der Waals surface area contributed by atoms with Gasteiger partial charge in [0.2, 0.25) is 0 Å². The zero-order valence-electron chi connectivity index (χ0n) is 18.0. The van der Waals surface area contributed by atoms with Gasteiger partial charge in [0.15, 0.2) is 0 Å². The number of hydrogen-bond acceptors (Lipinski definition) is 5. The summed E-state index contributed by atoms with van der Waals surface area (Å²) in [5.74, 6) is 0.0322. The number of thiophene rings is 1. The number of para-hydroxylation sites is 1. The van der Waals surface area contributed by atoms with E-state index in [1.54, 1.807) is 0 Å². The van der Waals surface area contributed by atoms with Gasteiger partial charge in [0.05, 0.1) is 22.4 Å². The van der Waals surface area contributed by atoms with Crippen molar-refractivity contribution < 1.29 is 9.90 Å². The Morgan fingerprint density at radius 2 is 1.81 bits per heavy atom. The van der Waals surface area contributed by atoms with Gasteiger partial charge in [-0.2, -0.15) is 5.10 Å². The molecule has 0 radical (unpaired) electrons. The van der Waals surface area contributed by atoms with Crippen LogP contribution in [0.2, 0.25) is 0 Å². The molecule has 1 saturated carbocycles. The molecule has 0 spiro atoms. The molecule has 2 aromatic heterocycles. The van der Waals surface area contributed by atoms with Crippen LogP contribution in [-0.4, -0.2) is 57.0 Å². The Bertz CT molecular complexity index is 1040. The Morgan fingerprint density at radius 3 is 2.52 bits per heavy atom. The van der Waals surface area contributed by atoms with E-state index in [0.29, 0.717) is 6.04 Å². The summed E-state index contributed by atoms with van der Waals surface area (Å²) in [4.78, 5) is 17.3. The fourth-order valence-corrected chi connectivity index (χ4v) is 6.08. The summed E-state index contributed by atoms with van der Waals surface area (Å²) >= 11 is 1.52. The lowest BCUT2D eigenvalue weighted by Crippen LogP contribution is -2.47. The molecule has 0 atom stereocenters. The highest BCUT2D eigenvalue weighted by Gasteiger charge is 2.29. The minimum Gasteiger partial charge on any atom is -0.393 e. The van der Waals surface area contributed by atoms with Gasteiger partial charge in [-0.15, -0.1) is 11.3 Å². The molecule has 7 heteroatoms. The van der Waals surface area contributed by atoms with Crippen LogP contribution < -0.4 is 5.32 Å². The number of carbonyl (C=O) groups is 1. The van der Waals surface area contributed by atoms with Crippen LogP contribution in [-0.2, 0) is 0 Å². The smallest absolute Gasteiger partial charge is 0.261 e. The molecule has 0 bridgehead atoms. The monoisotopic (exact) mass is 438 g/mol. The Labute approximate surface area is 186 Å². The second kappa shape index (κ2) is 8.73. The van der Waals surface area contributed by atoms with Crippen molar-refractivity contribution in [2.45, 2.75) is 63.6 Å². The maximum absolute atomic E-state index is 13.0. The van der Waals surface area contributed by atoms with E-state index in [0.717, 1.165) is 78.1 Å². The molecule has 164 valence electrons. The topological polar surface area (TPSA) is 70.4 Å². The first kappa shape index (κ1) is 20.7. The average Bonchev–Trinajstić information content (AvgIpc) is 3.36. The van der Waals surface area contributed by atoms with E-state index >= 15 is 0 Å². The second-order valence-electron chi connectivity index (χ2n) is 8.91. The van der Waals surface area contributed by atoms with E-state index in [2.05, 4.69) is 15.3 Å². The van der Waals surface area contributed by atoms with Gasteiger partial charge < -0.3 is 15.3 Å². The Hall–Kier alpha value is -2.22. The number of rotatable bonds is 4. The summed E-state index contributed by atoms with van der Waals surface area (Å²) in [7, 11) is 0. The minimum absolute atomic E-state index is 0.0322. The summed E-state index contributed by atoms with van der Waals surface area (Å²) in [6.07, 6.45) is 5.95. The number of aromatic nitrogens is 2. The van der Waals surface area contributed by atoms with E-state index in [1.165, 1.54) is 11.3 Å². The zero-order chi connectivity index (χ0) is 21.4. The number of likely N-dealkylation sites (tertiary alicyclic amines) is 1. The molecule has 1 aromatic carbocycles. The number of carbonyl (C=O) groups excluding carboxylic acids is 1. The molecular weight excluding hydrogens is 408 g/mol. The quantitative estimate of drug-likeness (QED) is 0.648. The van der Waals surface area contributed by atoms with Gasteiger partial charge in [-0.1, -0.05) is 18.2 Å². The van der Waals surface area contributed by atoms with Crippen molar-refractivity contribution in [2.75, 3.05) is 13.1 Å². The Balaban J connectivity index is 1.23. The maximum atomic E-state index is 13.0. The first-order chi connectivity index (χ1) is 15.1. The average molecular weight is 439 g/mol. The van der Waals surface area contributed by atoms with Crippen molar-refractivity contribution in [1.82, 2.24) is 20.0 Å². The van der Waals surface area contributed by atoms with Gasteiger partial charge in [-0.25, -0.2) is 4.68 Å². The number of hydrogen-bond donors (Lipinski definition) is 2. The molecular formula is C24H30N4O2S. The minimum atomic E-state index is -0.120. The molecule has 3 heterocycles. The standard InChI is InChI=1S/C24H30N4O2S/c1-16-21-15-22(31-24(21)28(26-16)19-5-3-2-4-6-19)23(30)25-17-7-9-18(10-8-17)27-13-11-20(29)12-14-27/h2-6,15,17-18,20,29H,7-14H2,1H3,(H,25,30). The normalized spacial score (nSPS) is 23.3. The summed E-state index contributed by atoms with van der Waals surface area (Å²) in [6.45, 7) is 4.00. The third-order valence-corrected chi connectivity index (χ3v) is 7.93. The van der Waals surface area contributed by atoms with Crippen LogP contribution in [0, 0.1) is 6.92 Å². The number of nitrogens with zero attached hydrogens (tertiary/aromatic N) is 3. The Morgan fingerprint density at radius 1 is 1.10 bits per heavy atom. The van der Waals surface area contributed by atoms with Crippen molar-refractivity contribution in [3.8, 4) is 5.69 Å². The zero-order valence-corrected chi connectivity index (χ0v) is 18.8. The van der Waals surface area contributed by atoms with Gasteiger partial charge >= 0.3 is 0 Å². The fourth-order valence-electron chi connectivity index (χ4n) is 5.00. The summed E-state index contributed by atoms with van der Waals surface area (Å²) < 4.78 is 1.94. The maximum Gasteiger partial charge on any atom is 0.261 e. The molecule has 1 amide bonds. The van der Waals surface area contributed by atoms with E-state index in [9.17, 15) is 9.90 Å². The highest BCUT2D eigenvalue weighted by molar-refractivity contribution is 7.20. The van der Waals surface area contributed by atoms with Crippen LogP contribution in [0.3, 0.4) is 0 Å². The number of aliphatic hydroxyl groups excluding tert-OH is 1. The van der Waals surface area contributed by atoms with Gasteiger partial charge in [0, 0.05) is 30.6 Å². The number of amides is 1. The summed E-state index contributed by atoms with van der Waals surface area (Å²) in [5.41, 5.74) is 1.96. The molecule has 1 saturated heterocycles. The molecule has 1 aliphatic carbocycles. The fraction of sp³-hybridized carbons (Fsp3) is 0.500. The molecule has 3 aromatic rings. The van der Waals surface area contributed by atoms with Gasteiger partial charge in [0.1, 0.15) is 4.83 Å². The SMILES string of the molecule is Cc1nn(-c2ccccc2)c2sc(C(=O)NC3CCC(N4CCC(O)CC4)CC3)cc12. The molecule has 5 rings (SSSR count). The predicted octanol–water partition coefficient (Wildman–Crippen LogP) is 3.89. The molecule has 2 aliphatic rings. The molecule has 0 unspecified atom stereocenters. The van der Waals surface area contributed by atoms with Crippen LogP contribution in [0.4, 0.5) is 0 Å². The molecule has 31 heavy (non-hydrogen) atoms. The van der Waals surface area contributed by atoms with Gasteiger partial charge in [0.25, 0.3) is 5.91 Å². The van der Waals surface area contributed by atoms with Crippen LogP contribution in [0.1, 0.15) is 53.9 Å².